The lowest BCUT2D eigenvalue weighted by Gasteiger charge is -2.09. The summed E-state index contributed by atoms with van der Waals surface area (Å²) in [5, 5.41) is 0. The predicted octanol–water partition coefficient (Wildman–Crippen LogP) is 11.3. The second-order valence-electron chi connectivity index (χ2n) is 9.38. The van der Waals surface area contributed by atoms with Crippen molar-refractivity contribution in [1.82, 2.24) is 0 Å². The Kier molecular flexibility index (Phi) is 20.3. The van der Waals surface area contributed by atoms with Crippen molar-refractivity contribution in [3.8, 4) is 0 Å². The van der Waals surface area contributed by atoms with Crippen molar-refractivity contribution in [2.24, 2.45) is 0 Å². The van der Waals surface area contributed by atoms with Gasteiger partial charge in [0.25, 0.3) is 0 Å². The quantitative estimate of drug-likeness (QED) is 0.115. The number of hydrogen-bond acceptors (Lipinski definition) is 0. The topological polar surface area (TPSA) is 0 Å². The van der Waals surface area contributed by atoms with E-state index in [2.05, 4.69) is 53.2 Å². The molecule has 0 saturated heterocycles. The molecule has 0 saturated carbocycles. The summed E-state index contributed by atoms with van der Waals surface area (Å²) in [6, 6.07) is 10.8. The minimum atomic E-state index is 0.536. The Bertz CT molecular complexity index is 441. The van der Waals surface area contributed by atoms with E-state index in [1.165, 1.54) is 140 Å². The third kappa shape index (κ3) is 17.4. The molecule has 0 amide bonds. The number of halogens is 1. The van der Waals surface area contributed by atoms with Gasteiger partial charge in [-0.2, -0.15) is 0 Å². The normalized spacial score (nSPS) is 12.3. The molecular weight excluding hydrogens is 428 g/mol. The van der Waals surface area contributed by atoms with Crippen molar-refractivity contribution in [2.75, 3.05) is 0 Å². The molecule has 0 bridgehead atoms. The van der Waals surface area contributed by atoms with Gasteiger partial charge in [-0.1, -0.05) is 182 Å². The van der Waals surface area contributed by atoms with Crippen molar-refractivity contribution in [3.63, 3.8) is 0 Å². The predicted molar refractivity (Wildman–Crippen MR) is 141 cm³/mol. The molecule has 0 N–H and O–H groups in total. The highest BCUT2D eigenvalue weighted by molar-refractivity contribution is 9.09. The molecule has 0 heterocycles. The highest BCUT2D eigenvalue weighted by Gasteiger charge is 2.05. The zero-order chi connectivity index (χ0) is 21.5. The number of rotatable bonds is 22. The Hall–Kier alpha value is -0.300. The van der Waals surface area contributed by atoms with Crippen LogP contribution in [0.15, 0.2) is 30.3 Å². The summed E-state index contributed by atoms with van der Waals surface area (Å²) >= 11 is 3.84. The van der Waals surface area contributed by atoms with Crippen LogP contribution in [-0.4, -0.2) is 0 Å². The SMILES string of the molecule is CCCCCCCCCCCCCCCCCCCCCCC(Br)c1ccccc1. The summed E-state index contributed by atoms with van der Waals surface area (Å²) in [5.74, 6) is 0. The molecule has 0 aliphatic carbocycles. The third-order valence-electron chi connectivity index (χ3n) is 6.47. The van der Waals surface area contributed by atoms with E-state index >= 15 is 0 Å². The molecule has 1 heteroatoms. The molecule has 0 radical (unpaired) electrons. The van der Waals surface area contributed by atoms with E-state index in [1.807, 2.05) is 0 Å². The molecular formula is C29H51Br. The second-order valence-corrected chi connectivity index (χ2v) is 10.5. The van der Waals surface area contributed by atoms with E-state index in [9.17, 15) is 0 Å². The summed E-state index contributed by atoms with van der Waals surface area (Å²) < 4.78 is 0. The van der Waals surface area contributed by atoms with Gasteiger partial charge >= 0.3 is 0 Å². The Labute approximate surface area is 198 Å². The first-order valence-corrected chi connectivity index (χ1v) is 14.4. The first-order chi connectivity index (χ1) is 14.8. The molecule has 1 unspecified atom stereocenters. The molecule has 174 valence electrons. The zero-order valence-corrected chi connectivity index (χ0v) is 21.8. The van der Waals surface area contributed by atoms with Crippen LogP contribution in [0.3, 0.4) is 0 Å². The van der Waals surface area contributed by atoms with E-state index < -0.39 is 0 Å². The maximum absolute atomic E-state index is 3.84. The van der Waals surface area contributed by atoms with Gasteiger partial charge < -0.3 is 0 Å². The van der Waals surface area contributed by atoms with E-state index in [-0.39, 0.29) is 0 Å². The van der Waals surface area contributed by atoms with Gasteiger partial charge in [0.1, 0.15) is 0 Å². The zero-order valence-electron chi connectivity index (χ0n) is 20.2. The number of hydrogen-bond donors (Lipinski definition) is 0. The fourth-order valence-corrected chi connectivity index (χ4v) is 5.04. The van der Waals surface area contributed by atoms with E-state index in [0.29, 0.717) is 4.83 Å². The Balaban J connectivity index is 1.71. The molecule has 1 atom stereocenters. The molecule has 1 aromatic rings. The first kappa shape index (κ1) is 27.7. The van der Waals surface area contributed by atoms with Crippen LogP contribution in [0.1, 0.15) is 152 Å². The average Bonchev–Trinajstić information content (AvgIpc) is 2.78. The Morgan fingerprint density at radius 3 is 1.20 bits per heavy atom. The van der Waals surface area contributed by atoms with Gasteiger partial charge in [-0.05, 0) is 12.0 Å². The molecule has 0 aromatic heterocycles. The second kappa shape index (κ2) is 21.9. The van der Waals surface area contributed by atoms with Crippen LogP contribution < -0.4 is 0 Å². The third-order valence-corrected chi connectivity index (χ3v) is 7.46. The van der Waals surface area contributed by atoms with E-state index in [1.54, 1.807) is 0 Å². The van der Waals surface area contributed by atoms with Gasteiger partial charge in [0.05, 0.1) is 0 Å². The summed E-state index contributed by atoms with van der Waals surface area (Å²) in [6.45, 7) is 2.30. The average molecular weight is 480 g/mol. The maximum Gasteiger partial charge on any atom is 0.0395 e. The lowest BCUT2D eigenvalue weighted by molar-refractivity contribution is 0.520. The van der Waals surface area contributed by atoms with Gasteiger partial charge in [0, 0.05) is 4.83 Å². The highest BCUT2D eigenvalue weighted by Crippen LogP contribution is 2.28. The summed E-state index contributed by atoms with van der Waals surface area (Å²) in [5.41, 5.74) is 1.43. The van der Waals surface area contributed by atoms with Crippen molar-refractivity contribution in [2.45, 2.75) is 147 Å². The summed E-state index contributed by atoms with van der Waals surface area (Å²) in [4.78, 5) is 0.536. The molecule has 30 heavy (non-hydrogen) atoms. The molecule has 0 aliphatic rings. The fraction of sp³-hybridized carbons (Fsp3) is 0.793. The van der Waals surface area contributed by atoms with Gasteiger partial charge in [0.15, 0.2) is 0 Å². The fourth-order valence-electron chi connectivity index (χ4n) is 4.41. The van der Waals surface area contributed by atoms with Crippen molar-refractivity contribution < 1.29 is 0 Å². The molecule has 0 nitrogen and oxygen atoms in total. The summed E-state index contributed by atoms with van der Waals surface area (Å²) in [7, 11) is 0. The minimum Gasteiger partial charge on any atom is -0.0839 e. The number of alkyl halides is 1. The molecule has 0 spiro atoms. The molecule has 1 aromatic carbocycles. The maximum atomic E-state index is 3.84. The van der Waals surface area contributed by atoms with Gasteiger partial charge in [-0.3, -0.25) is 0 Å². The van der Waals surface area contributed by atoms with Gasteiger partial charge in [0.2, 0.25) is 0 Å². The molecule has 0 fully saturated rings. The van der Waals surface area contributed by atoms with Crippen LogP contribution in [0.2, 0.25) is 0 Å². The van der Waals surface area contributed by atoms with Crippen molar-refractivity contribution in [3.05, 3.63) is 35.9 Å². The minimum absolute atomic E-state index is 0.536. The summed E-state index contributed by atoms with van der Waals surface area (Å²) in [6.07, 6.45) is 30.3. The van der Waals surface area contributed by atoms with Gasteiger partial charge in [-0.25, -0.2) is 0 Å². The monoisotopic (exact) mass is 478 g/mol. The highest BCUT2D eigenvalue weighted by atomic mass is 79.9. The van der Waals surface area contributed by atoms with Crippen LogP contribution in [0, 0.1) is 0 Å². The van der Waals surface area contributed by atoms with E-state index in [0.717, 1.165) is 0 Å². The van der Waals surface area contributed by atoms with E-state index in [4.69, 9.17) is 0 Å². The van der Waals surface area contributed by atoms with Crippen molar-refractivity contribution in [1.29, 1.82) is 0 Å². The standard InChI is InChI=1S/C29H51Br/c1-2-3-4-5-6-7-8-9-10-11-12-13-14-15-16-17-18-19-20-24-27-29(30)28-25-22-21-23-26-28/h21-23,25-26,29H,2-20,24,27H2,1H3. The molecule has 0 aliphatic heterocycles. The first-order valence-electron chi connectivity index (χ1n) is 13.5. The van der Waals surface area contributed by atoms with Gasteiger partial charge in [-0.15, -0.1) is 0 Å². The number of unbranched alkanes of at least 4 members (excludes halogenated alkanes) is 19. The van der Waals surface area contributed by atoms with Crippen LogP contribution >= 0.6 is 15.9 Å². The van der Waals surface area contributed by atoms with Crippen LogP contribution in [0.5, 0.6) is 0 Å². The van der Waals surface area contributed by atoms with Crippen molar-refractivity contribution >= 4 is 15.9 Å². The Morgan fingerprint density at radius 2 is 0.833 bits per heavy atom. The lowest BCUT2D eigenvalue weighted by atomic mass is 10.0. The lowest BCUT2D eigenvalue weighted by Crippen LogP contribution is -1.90. The largest absolute Gasteiger partial charge is 0.0839 e. The Morgan fingerprint density at radius 1 is 0.500 bits per heavy atom. The van der Waals surface area contributed by atoms with Crippen LogP contribution in [0.4, 0.5) is 0 Å². The van der Waals surface area contributed by atoms with Crippen LogP contribution in [-0.2, 0) is 0 Å². The molecule has 1 rings (SSSR count). The van der Waals surface area contributed by atoms with Crippen LogP contribution in [0.25, 0.3) is 0 Å². The number of benzene rings is 1. The smallest absolute Gasteiger partial charge is 0.0395 e.